The van der Waals surface area contributed by atoms with Crippen LogP contribution in [0, 0.1) is 5.92 Å². The molecule has 4 nitrogen and oxygen atoms in total. The van der Waals surface area contributed by atoms with E-state index in [-0.39, 0.29) is 11.8 Å². The molecule has 0 spiro atoms. The summed E-state index contributed by atoms with van der Waals surface area (Å²) in [6.45, 7) is 7.89. The summed E-state index contributed by atoms with van der Waals surface area (Å²) in [5, 5.41) is 6.07. The molecule has 0 bridgehead atoms. The Morgan fingerprint density at radius 1 is 1.53 bits per heavy atom. The highest BCUT2D eigenvalue weighted by Gasteiger charge is 2.23. The maximum absolute atomic E-state index is 11.4. The van der Waals surface area contributed by atoms with Gasteiger partial charge in [-0.2, -0.15) is 0 Å². The lowest BCUT2D eigenvalue weighted by Gasteiger charge is -2.26. The zero-order valence-corrected chi connectivity index (χ0v) is 10.0. The number of carbonyl (C=O) groups excluding carboxylic acids is 1. The van der Waals surface area contributed by atoms with Crippen LogP contribution in [0.25, 0.3) is 0 Å². The van der Waals surface area contributed by atoms with E-state index in [2.05, 4.69) is 36.4 Å². The maximum Gasteiger partial charge on any atom is 0.225 e. The van der Waals surface area contributed by atoms with Gasteiger partial charge in [-0.15, -0.1) is 0 Å². The summed E-state index contributed by atoms with van der Waals surface area (Å²) in [5.74, 6) is 0.425. The van der Waals surface area contributed by atoms with Gasteiger partial charge < -0.3 is 15.5 Å². The summed E-state index contributed by atoms with van der Waals surface area (Å²) in [4.78, 5) is 13.7. The van der Waals surface area contributed by atoms with Crippen LogP contribution < -0.4 is 10.6 Å². The number of rotatable bonds is 6. The van der Waals surface area contributed by atoms with Crippen molar-refractivity contribution in [2.24, 2.45) is 5.92 Å². The molecule has 1 aliphatic rings. The molecule has 2 N–H and O–H groups in total. The van der Waals surface area contributed by atoms with Gasteiger partial charge in [0.2, 0.25) is 5.91 Å². The molecule has 1 aliphatic heterocycles. The molecular formula is C11H23N3O. The maximum atomic E-state index is 11.4. The number of hydrogen-bond donors (Lipinski definition) is 2. The van der Waals surface area contributed by atoms with E-state index in [1.165, 1.54) is 0 Å². The van der Waals surface area contributed by atoms with Crippen molar-refractivity contribution in [1.82, 2.24) is 15.5 Å². The minimum atomic E-state index is 0.209. The van der Waals surface area contributed by atoms with Gasteiger partial charge in [0.25, 0.3) is 0 Å². The number of carbonyl (C=O) groups is 1. The molecule has 1 saturated heterocycles. The average Bonchev–Trinajstić information content (AvgIpc) is 2.08. The third kappa shape index (κ3) is 4.18. The van der Waals surface area contributed by atoms with Crippen LogP contribution in [0.1, 0.15) is 20.3 Å². The van der Waals surface area contributed by atoms with Crippen LogP contribution in [0.4, 0.5) is 0 Å². The zero-order valence-electron chi connectivity index (χ0n) is 10.0. The SMILES string of the molecule is CC(C)N(C)CCCNC(=O)C1CNC1. The standard InChI is InChI=1S/C11H23N3O/c1-9(2)14(3)6-4-5-13-11(15)10-7-12-8-10/h9-10,12H,4-8H2,1-3H3,(H,13,15). The highest BCUT2D eigenvalue weighted by atomic mass is 16.2. The Balaban J connectivity index is 1.98. The van der Waals surface area contributed by atoms with E-state index in [9.17, 15) is 4.79 Å². The number of nitrogens with zero attached hydrogens (tertiary/aromatic N) is 1. The first-order chi connectivity index (χ1) is 7.11. The normalized spacial score (nSPS) is 16.9. The Kier molecular flexibility index (Phi) is 5.05. The molecule has 1 rings (SSSR count). The van der Waals surface area contributed by atoms with Crippen molar-refractivity contribution in [2.45, 2.75) is 26.3 Å². The molecule has 1 fully saturated rings. The molecular weight excluding hydrogens is 190 g/mol. The van der Waals surface area contributed by atoms with Crippen LogP contribution >= 0.6 is 0 Å². The van der Waals surface area contributed by atoms with Crippen molar-refractivity contribution >= 4 is 5.91 Å². The minimum Gasteiger partial charge on any atom is -0.356 e. The quantitative estimate of drug-likeness (QED) is 0.613. The van der Waals surface area contributed by atoms with Gasteiger partial charge in [-0.05, 0) is 33.9 Å². The van der Waals surface area contributed by atoms with Crippen molar-refractivity contribution < 1.29 is 4.79 Å². The van der Waals surface area contributed by atoms with E-state index in [4.69, 9.17) is 0 Å². The van der Waals surface area contributed by atoms with E-state index in [0.29, 0.717) is 6.04 Å². The minimum absolute atomic E-state index is 0.209. The van der Waals surface area contributed by atoms with Gasteiger partial charge >= 0.3 is 0 Å². The molecule has 1 heterocycles. The van der Waals surface area contributed by atoms with Crippen LogP contribution in [0.15, 0.2) is 0 Å². The second-order valence-corrected chi connectivity index (χ2v) is 4.57. The van der Waals surface area contributed by atoms with Crippen molar-refractivity contribution in [3.8, 4) is 0 Å². The average molecular weight is 213 g/mol. The molecule has 0 saturated carbocycles. The van der Waals surface area contributed by atoms with E-state index in [1.807, 2.05) is 0 Å². The van der Waals surface area contributed by atoms with Crippen LogP contribution in [0.2, 0.25) is 0 Å². The van der Waals surface area contributed by atoms with Gasteiger partial charge in [0.15, 0.2) is 0 Å². The van der Waals surface area contributed by atoms with E-state index >= 15 is 0 Å². The highest BCUT2D eigenvalue weighted by Crippen LogP contribution is 2.02. The fraction of sp³-hybridized carbons (Fsp3) is 0.909. The van der Waals surface area contributed by atoms with Gasteiger partial charge in [-0.1, -0.05) is 0 Å². The second kappa shape index (κ2) is 6.08. The van der Waals surface area contributed by atoms with Crippen molar-refractivity contribution in [3.05, 3.63) is 0 Å². The summed E-state index contributed by atoms with van der Waals surface area (Å²) in [7, 11) is 2.11. The molecule has 4 heteroatoms. The monoisotopic (exact) mass is 213 g/mol. The Labute approximate surface area is 92.4 Å². The Morgan fingerprint density at radius 2 is 2.20 bits per heavy atom. The van der Waals surface area contributed by atoms with E-state index in [0.717, 1.165) is 32.6 Å². The fourth-order valence-electron chi connectivity index (χ4n) is 1.42. The largest absolute Gasteiger partial charge is 0.356 e. The van der Waals surface area contributed by atoms with Gasteiger partial charge in [0.1, 0.15) is 0 Å². The smallest absolute Gasteiger partial charge is 0.225 e. The van der Waals surface area contributed by atoms with Gasteiger partial charge in [-0.25, -0.2) is 0 Å². The second-order valence-electron chi connectivity index (χ2n) is 4.57. The summed E-state index contributed by atoms with van der Waals surface area (Å²) >= 11 is 0. The molecule has 1 amide bonds. The molecule has 88 valence electrons. The van der Waals surface area contributed by atoms with Crippen LogP contribution in [-0.2, 0) is 4.79 Å². The zero-order chi connectivity index (χ0) is 11.3. The Bertz CT molecular complexity index is 202. The predicted molar refractivity (Wildman–Crippen MR) is 61.8 cm³/mol. The third-order valence-corrected chi connectivity index (χ3v) is 3.02. The fourth-order valence-corrected chi connectivity index (χ4v) is 1.42. The van der Waals surface area contributed by atoms with Crippen LogP contribution in [0.3, 0.4) is 0 Å². The molecule has 0 aromatic heterocycles. The Morgan fingerprint density at radius 3 is 2.67 bits per heavy atom. The predicted octanol–water partition coefficient (Wildman–Crippen LogP) is 0.0523. The molecule has 0 unspecified atom stereocenters. The topological polar surface area (TPSA) is 44.4 Å². The number of nitrogens with one attached hydrogen (secondary N) is 2. The summed E-state index contributed by atoms with van der Waals surface area (Å²) in [6, 6.07) is 0.580. The molecule has 15 heavy (non-hydrogen) atoms. The van der Waals surface area contributed by atoms with E-state index < -0.39 is 0 Å². The van der Waals surface area contributed by atoms with Gasteiger partial charge in [0, 0.05) is 25.7 Å². The van der Waals surface area contributed by atoms with Crippen LogP contribution in [-0.4, -0.2) is 50.1 Å². The van der Waals surface area contributed by atoms with Crippen LogP contribution in [0.5, 0.6) is 0 Å². The van der Waals surface area contributed by atoms with E-state index in [1.54, 1.807) is 0 Å². The number of amides is 1. The first-order valence-corrected chi connectivity index (χ1v) is 5.80. The van der Waals surface area contributed by atoms with Crippen molar-refractivity contribution in [2.75, 3.05) is 33.2 Å². The third-order valence-electron chi connectivity index (χ3n) is 3.02. The highest BCUT2D eigenvalue weighted by molar-refractivity contribution is 5.79. The first kappa shape index (κ1) is 12.5. The molecule has 0 aromatic rings. The lowest BCUT2D eigenvalue weighted by molar-refractivity contribution is -0.126. The van der Waals surface area contributed by atoms with Crippen molar-refractivity contribution in [3.63, 3.8) is 0 Å². The molecule has 0 radical (unpaired) electrons. The van der Waals surface area contributed by atoms with Gasteiger partial charge in [0.05, 0.1) is 5.92 Å². The lowest BCUT2D eigenvalue weighted by Crippen LogP contribution is -2.51. The lowest BCUT2D eigenvalue weighted by atomic mass is 10.0. The summed E-state index contributed by atoms with van der Waals surface area (Å²) < 4.78 is 0. The Hall–Kier alpha value is -0.610. The summed E-state index contributed by atoms with van der Waals surface area (Å²) in [5.41, 5.74) is 0. The molecule has 0 atom stereocenters. The first-order valence-electron chi connectivity index (χ1n) is 5.80. The molecule has 0 aromatic carbocycles. The number of hydrogen-bond acceptors (Lipinski definition) is 3. The van der Waals surface area contributed by atoms with Crippen molar-refractivity contribution in [1.29, 1.82) is 0 Å². The van der Waals surface area contributed by atoms with Gasteiger partial charge in [-0.3, -0.25) is 4.79 Å². The summed E-state index contributed by atoms with van der Waals surface area (Å²) in [6.07, 6.45) is 1.03. The molecule has 0 aliphatic carbocycles.